The fourth-order valence-corrected chi connectivity index (χ4v) is 4.19. The van der Waals surface area contributed by atoms with Crippen LogP contribution in [0.15, 0.2) is 46.3 Å². The van der Waals surface area contributed by atoms with Crippen LogP contribution in [0.5, 0.6) is 5.75 Å². The number of benzene rings is 2. The minimum Gasteiger partial charge on any atom is -0.496 e. The standard InChI is InChI=1S/C24H28N2O2S/c1-7-17-8-10-19(11-9-17)25-24-26(5)23(27)22(29-24)14-18-13-20(15(2)3)21(28-6)12-16(18)4/h8-15H,7H2,1-6H3/b22-14+,25-24?. The van der Waals surface area contributed by atoms with E-state index in [1.54, 1.807) is 19.1 Å². The van der Waals surface area contributed by atoms with Gasteiger partial charge in [0.05, 0.1) is 17.7 Å². The van der Waals surface area contributed by atoms with Crippen LogP contribution < -0.4 is 4.74 Å². The zero-order valence-corrected chi connectivity index (χ0v) is 18.8. The van der Waals surface area contributed by atoms with Crippen LogP contribution in [0.1, 0.15) is 48.9 Å². The second-order valence-corrected chi connectivity index (χ2v) is 8.50. The molecule has 1 saturated heterocycles. The number of likely N-dealkylation sites (N-methyl/N-ethyl adjacent to an activating group) is 1. The summed E-state index contributed by atoms with van der Waals surface area (Å²) in [5.41, 5.74) is 5.38. The Hall–Kier alpha value is -2.53. The number of amidine groups is 1. The van der Waals surface area contributed by atoms with E-state index in [9.17, 15) is 4.79 Å². The lowest BCUT2D eigenvalue weighted by Crippen LogP contribution is -2.23. The van der Waals surface area contributed by atoms with Crippen molar-refractivity contribution in [2.45, 2.75) is 40.0 Å². The van der Waals surface area contributed by atoms with E-state index in [4.69, 9.17) is 4.74 Å². The SMILES string of the molecule is CCc1ccc(N=C2S/C(=C/c3cc(C(C)C)c(OC)cc3C)C(=O)N2C)cc1. The van der Waals surface area contributed by atoms with E-state index in [0.29, 0.717) is 16.0 Å². The lowest BCUT2D eigenvalue weighted by Gasteiger charge is -2.14. The summed E-state index contributed by atoms with van der Waals surface area (Å²) in [4.78, 5) is 19.8. The molecule has 1 amide bonds. The maximum atomic E-state index is 12.8. The van der Waals surface area contributed by atoms with Crippen molar-refractivity contribution in [3.8, 4) is 5.75 Å². The zero-order valence-electron chi connectivity index (χ0n) is 17.9. The smallest absolute Gasteiger partial charge is 0.266 e. The second-order valence-electron chi connectivity index (χ2n) is 7.49. The normalized spacial score (nSPS) is 17.1. The topological polar surface area (TPSA) is 41.9 Å². The molecule has 2 aromatic rings. The number of rotatable bonds is 5. The van der Waals surface area contributed by atoms with Gasteiger partial charge in [0, 0.05) is 7.05 Å². The van der Waals surface area contributed by atoms with Gasteiger partial charge in [0.25, 0.3) is 5.91 Å². The molecule has 0 unspecified atom stereocenters. The monoisotopic (exact) mass is 408 g/mol. The highest BCUT2D eigenvalue weighted by Gasteiger charge is 2.30. The fourth-order valence-electron chi connectivity index (χ4n) is 3.21. The van der Waals surface area contributed by atoms with E-state index in [0.717, 1.165) is 34.5 Å². The van der Waals surface area contributed by atoms with E-state index in [-0.39, 0.29) is 5.91 Å². The summed E-state index contributed by atoms with van der Waals surface area (Å²) in [5.74, 6) is 1.20. The van der Waals surface area contributed by atoms with Crippen molar-refractivity contribution in [3.05, 3.63) is 63.6 Å². The summed E-state index contributed by atoms with van der Waals surface area (Å²) in [5, 5.41) is 0.695. The second kappa shape index (κ2) is 8.87. The number of hydrogen-bond donors (Lipinski definition) is 0. The molecular formula is C24H28N2O2S. The van der Waals surface area contributed by atoms with Crippen LogP contribution in [-0.2, 0) is 11.2 Å². The van der Waals surface area contributed by atoms with Gasteiger partial charge in [0.15, 0.2) is 5.17 Å². The average Bonchev–Trinajstić information content (AvgIpc) is 2.97. The van der Waals surface area contributed by atoms with E-state index in [2.05, 4.69) is 44.0 Å². The molecular weight excluding hydrogens is 380 g/mol. The van der Waals surface area contributed by atoms with Crippen LogP contribution >= 0.6 is 11.8 Å². The number of hydrogen-bond acceptors (Lipinski definition) is 4. The van der Waals surface area contributed by atoms with E-state index >= 15 is 0 Å². The minimum atomic E-state index is -0.0276. The number of carbonyl (C=O) groups excluding carboxylic acids is 1. The molecule has 0 radical (unpaired) electrons. The highest BCUT2D eigenvalue weighted by Crippen LogP contribution is 2.36. The Morgan fingerprint density at radius 3 is 2.48 bits per heavy atom. The van der Waals surface area contributed by atoms with Gasteiger partial charge in [-0.25, -0.2) is 4.99 Å². The van der Waals surface area contributed by atoms with Gasteiger partial charge in [-0.15, -0.1) is 0 Å². The third-order valence-electron chi connectivity index (χ3n) is 5.10. The molecule has 29 heavy (non-hydrogen) atoms. The Morgan fingerprint density at radius 1 is 1.21 bits per heavy atom. The van der Waals surface area contributed by atoms with Gasteiger partial charge in [-0.2, -0.15) is 0 Å². The first-order valence-corrected chi connectivity index (χ1v) is 10.7. The molecule has 152 valence electrons. The van der Waals surface area contributed by atoms with Crippen molar-refractivity contribution in [2.75, 3.05) is 14.2 Å². The predicted molar refractivity (Wildman–Crippen MR) is 123 cm³/mol. The summed E-state index contributed by atoms with van der Waals surface area (Å²) >= 11 is 1.42. The van der Waals surface area contributed by atoms with Gasteiger partial charge >= 0.3 is 0 Å². The maximum absolute atomic E-state index is 12.8. The first kappa shape index (κ1) is 21.2. The van der Waals surface area contributed by atoms with Gasteiger partial charge in [-0.3, -0.25) is 9.69 Å². The lowest BCUT2D eigenvalue weighted by molar-refractivity contribution is -0.121. The molecule has 0 saturated carbocycles. The summed E-state index contributed by atoms with van der Waals surface area (Å²) < 4.78 is 5.53. The minimum absolute atomic E-state index is 0.0276. The number of carbonyl (C=O) groups is 1. The van der Waals surface area contributed by atoms with E-state index in [1.165, 1.54) is 17.3 Å². The summed E-state index contributed by atoms with van der Waals surface area (Å²) in [6.45, 7) is 8.45. The van der Waals surface area contributed by atoms with Crippen molar-refractivity contribution in [1.82, 2.24) is 4.90 Å². The Bertz CT molecular complexity index is 975. The van der Waals surface area contributed by atoms with Crippen molar-refractivity contribution in [3.63, 3.8) is 0 Å². The molecule has 0 bridgehead atoms. The molecule has 0 N–H and O–H groups in total. The zero-order chi connectivity index (χ0) is 21.1. The van der Waals surface area contributed by atoms with Crippen molar-refractivity contribution >= 4 is 34.6 Å². The van der Waals surface area contributed by atoms with Crippen LogP contribution in [0.25, 0.3) is 6.08 Å². The van der Waals surface area contributed by atoms with Crippen molar-refractivity contribution < 1.29 is 9.53 Å². The third-order valence-corrected chi connectivity index (χ3v) is 6.16. The number of ether oxygens (including phenoxy) is 1. The van der Waals surface area contributed by atoms with Crippen LogP contribution in [0.3, 0.4) is 0 Å². The quantitative estimate of drug-likeness (QED) is 0.576. The van der Waals surface area contributed by atoms with Gasteiger partial charge < -0.3 is 4.74 Å². The first-order chi connectivity index (χ1) is 13.8. The molecule has 1 aliphatic rings. The molecule has 2 aromatic carbocycles. The number of aryl methyl sites for hydroxylation is 2. The largest absolute Gasteiger partial charge is 0.496 e. The molecule has 0 aromatic heterocycles. The third kappa shape index (κ3) is 4.56. The van der Waals surface area contributed by atoms with Crippen LogP contribution in [0.4, 0.5) is 5.69 Å². The highest BCUT2D eigenvalue weighted by molar-refractivity contribution is 8.18. The first-order valence-electron chi connectivity index (χ1n) is 9.87. The molecule has 5 heteroatoms. The van der Waals surface area contributed by atoms with Crippen molar-refractivity contribution in [2.24, 2.45) is 4.99 Å². The number of amides is 1. The Kier molecular flexibility index (Phi) is 6.48. The molecule has 1 heterocycles. The average molecular weight is 409 g/mol. The molecule has 1 fully saturated rings. The number of thioether (sulfide) groups is 1. The van der Waals surface area contributed by atoms with Crippen LogP contribution in [0.2, 0.25) is 0 Å². The predicted octanol–water partition coefficient (Wildman–Crippen LogP) is 5.92. The number of aliphatic imine (C=N–C) groups is 1. The molecule has 1 aliphatic heterocycles. The van der Waals surface area contributed by atoms with Gasteiger partial charge in [-0.05, 0) is 83.6 Å². The summed E-state index contributed by atoms with van der Waals surface area (Å²) in [6, 6.07) is 12.3. The van der Waals surface area contributed by atoms with Gasteiger partial charge in [-0.1, -0.05) is 32.9 Å². The van der Waals surface area contributed by atoms with Gasteiger partial charge in [0.1, 0.15) is 5.75 Å². The fraction of sp³-hybridized carbons (Fsp3) is 0.333. The maximum Gasteiger partial charge on any atom is 0.266 e. The molecule has 0 aliphatic carbocycles. The number of methoxy groups -OCH3 is 1. The Labute approximate surface area is 177 Å². The van der Waals surface area contributed by atoms with Crippen LogP contribution in [0, 0.1) is 6.92 Å². The number of nitrogens with zero attached hydrogens (tertiary/aromatic N) is 2. The van der Waals surface area contributed by atoms with E-state index in [1.807, 2.05) is 31.2 Å². The van der Waals surface area contributed by atoms with E-state index < -0.39 is 0 Å². The molecule has 0 atom stereocenters. The Balaban J connectivity index is 1.93. The Morgan fingerprint density at radius 2 is 1.90 bits per heavy atom. The molecule has 3 rings (SSSR count). The summed E-state index contributed by atoms with van der Waals surface area (Å²) in [6.07, 6.45) is 2.96. The lowest BCUT2D eigenvalue weighted by atomic mass is 9.96. The molecule has 4 nitrogen and oxygen atoms in total. The van der Waals surface area contributed by atoms with Crippen molar-refractivity contribution in [1.29, 1.82) is 0 Å². The molecule has 0 spiro atoms. The summed E-state index contributed by atoms with van der Waals surface area (Å²) in [7, 11) is 3.47. The van der Waals surface area contributed by atoms with Gasteiger partial charge in [0.2, 0.25) is 0 Å². The van der Waals surface area contributed by atoms with Crippen LogP contribution in [-0.4, -0.2) is 30.1 Å². The highest BCUT2D eigenvalue weighted by atomic mass is 32.2.